The summed E-state index contributed by atoms with van der Waals surface area (Å²) in [7, 11) is 0. The lowest BCUT2D eigenvalue weighted by atomic mass is 10.3. The zero-order valence-electron chi connectivity index (χ0n) is 8.01. The molecule has 0 saturated heterocycles. The van der Waals surface area contributed by atoms with E-state index in [9.17, 15) is 10.1 Å². The van der Waals surface area contributed by atoms with E-state index in [4.69, 9.17) is 5.11 Å². The average Bonchev–Trinajstić information content (AvgIpc) is 2.47. The van der Waals surface area contributed by atoms with Crippen LogP contribution in [0.2, 0.25) is 0 Å². The van der Waals surface area contributed by atoms with Gasteiger partial charge in [0, 0.05) is 6.61 Å². The Morgan fingerprint density at radius 2 is 2.36 bits per heavy atom. The summed E-state index contributed by atoms with van der Waals surface area (Å²) in [5, 5.41) is 22.8. The maximum atomic E-state index is 10.5. The molecule has 0 aliphatic rings. The quantitative estimate of drug-likeness (QED) is 0.433. The van der Waals surface area contributed by atoms with Gasteiger partial charge in [0.2, 0.25) is 0 Å². The van der Waals surface area contributed by atoms with Crippen molar-refractivity contribution in [3.63, 3.8) is 0 Å². The van der Waals surface area contributed by atoms with Gasteiger partial charge in [-0.1, -0.05) is 0 Å². The number of aliphatic hydroxyl groups excluding tert-OH is 1. The van der Waals surface area contributed by atoms with Gasteiger partial charge in [-0.15, -0.1) is 0 Å². The summed E-state index contributed by atoms with van der Waals surface area (Å²) in [6, 6.07) is 0. The highest BCUT2D eigenvalue weighted by Gasteiger charge is 2.16. The molecular formula is C8H13N3O3. The van der Waals surface area contributed by atoms with Gasteiger partial charge in [0.15, 0.2) is 0 Å². The van der Waals surface area contributed by atoms with E-state index in [0.29, 0.717) is 18.5 Å². The normalized spacial score (nSPS) is 10.4. The number of aromatic nitrogens is 2. The second-order valence-corrected chi connectivity index (χ2v) is 3.09. The van der Waals surface area contributed by atoms with Crippen LogP contribution in [0, 0.1) is 17.0 Å². The number of aryl methyl sites for hydroxylation is 2. The molecule has 78 valence electrons. The van der Waals surface area contributed by atoms with E-state index in [2.05, 4.69) is 5.10 Å². The minimum atomic E-state index is -0.488. The molecule has 0 radical (unpaired) electrons. The Hall–Kier alpha value is -1.43. The molecule has 6 heteroatoms. The fourth-order valence-electron chi connectivity index (χ4n) is 1.19. The maximum Gasteiger partial charge on any atom is 0.392 e. The SMILES string of the molecule is Cc1cn(CCCCO)nc1[N+](=O)[O-]. The summed E-state index contributed by atoms with van der Waals surface area (Å²) in [6.07, 6.45) is 3.11. The predicted molar refractivity (Wildman–Crippen MR) is 49.9 cm³/mol. The largest absolute Gasteiger partial charge is 0.396 e. The van der Waals surface area contributed by atoms with E-state index in [0.717, 1.165) is 6.42 Å². The number of nitro groups is 1. The molecule has 6 nitrogen and oxygen atoms in total. The van der Waals surface area contributed by atoms with Crippen LogP contribution in [0.15, 0.2) is 6.20 Å². The van der Waals surface area contributed by atoms with Crippen molar-refractivity contribution in [2.75, 3.05) is 6.61 Å². The maximum absolute atomic E-state index is 10.5. The van der Waals surface area contributed by atoms with E-state index in [1.807, 2.05) is 0 Å². The van der Waals surface area contributed by atoms with Gasteiger partial charge in [0.1, 0.15) is 0 Å². The van der Waals surface area contributed by atoms with Gasteiger partial charge in [-0.2, -0.15) is 4.68 Å². The lowest BCUT2D eigenvalue weighted by Crippen LogP contribution is -2.00. The first-order valence-corrected chi connectivity index (χ1v) is 4.44. The minimum Gasteiger partial charge on any atom is -0.396 e. The molecule has 0 atom stereocenters. The number of rotatable bonds is 5. The van der Waals surface area contributed by atoms with E-state index >= 15 is 0 Å². The van der Waals surface area contributed by atoms with Crippen LogP contribution >= 0.6 is 0 Å². The van der Waals surface area contributed by atoms with Gasteiger partial charge in [-0.05, 0) is 24.7 Å². The summed E-state index contributed by atoms with van der Waals surface area (Å²) < 4.78 is 1.54. The van der Waals surface area contributed by atoms with Crippen LogP contribution in [0.1, 0.15) is 18.4 Å². The summed E-state index contributed by atoms with van der Waals surface area (Å²) in [5.41, 5.74) is 0.569. The van der Waals surface area contributed by atoms with Crippen LogP contribution in [0.4, 0.5) is 5.82 Å². The van der Waals surface area contributed by atoms with Crippen molar-refractivity contribution in [3.8, 4) is 0 Å². The topological polar surface area (TPSA) is 81.2 Å². The summed E-state index contributed by atoms with van der Waals surface area (Å²) in [6.45, 7) is 2.41. The predicted octanol–water partition coefficient (Wildman–Crippen LogP) is 0.872. The van der Waals surface area contributed by atoms with Gasteiger partial charge in [0.05, 0.1) is 23.4 Å². The van der Waals surface area contributed by atoms with E-state index in [-0.39, 0.29) is 12.4 Å². The molecule has 1 heterocycles. The molecule has 1 aromatic heterocycles. The molecule has 0 spiro atoms. The molecule has 0 aliphatic carbocycles. The van der Waals surface area contributed by atoms with Crippen LogP contribution in [0.25, 0.3) is 0 Å². The average molecular weight is 199 g/mol. The van der Waals surface area contributed by atoms with Gasteiger partial charge in [-0.25, -0.2) is 0 Å². The third kappa shape index (κ3) is 2.53. The van der Waals surface area contributed by atoms with Crippen LogP contribution < -0.4 is 0 Å². The van der Waals surface area contributed by atoms with Crippen molar-refractivity contribution in [1.29, 1.82) is 0 Å². The van der Waals surface area contributed by atoms with Gasteiger partial charge in [-0.3, -0.25) is 0 Å². The zero-order valence-corrected chi connectivity index (χ0v) is 8.01. The molecule has 0 amide bonds. The molecule has 0 bridgehead atoms. The van der Waals surface area contributed by atoms with Gasteiger partial charge < -0.3 is 15.2 Å². The Balaban J connectivity index is 2.62. The molecule has 1 N–H and O–H groups in total. The van der Waals surface area contributed by atoms with Crippen molar-refractivity contribution in [3.05, 3.63) is 21.9 Å². The van der Waals surface area contributed by atoms with Crippen LogP contribution in [0.5, 0.6) is 0 Å². The molecule has 0 saturated carbocycles. The van der Waals surface area contributed by atoms with E-state index < -0.39 is 4.92 Å². The van der Waals surface area contributed by atoms with Crippen LogP contribution in [0.3, 0.4) is 0 Å². The lowest BCUT2D eigenvalue weighted by molar-refractivity contribution is -0.390. The molecular weight excluding hydrogens is 186 g/mol. The third-order valence-corrected chi connectivity index (χ3v) is 1.89. The van der Waals surface area contributed by atoms with Crippen molar-refractivity contribution in [1.82, 2.24) is 9.78 Å². The van der Waals surface area contributed by atoms with E-state index in [1.54, 1.807) is 17.8 Å². The lowest BCUT2D eigenvalue weighted by Gasteiger charge is -1.93. The standard InChI is InChI=1S/C8H13N3O3/c1-7-6-10(4-2-3-5-12)9-8(7)11(13)14/h6,12H,2-5H2,1H3. The number of nitrogens with zero attached hydrogens (tertiary/aromatic N) is 3. The summed E-state index contributed by atoms with van der Waals surface area (Å²) in [5.74, 6) is -0.0889. The number of hydrogen-bond acceptors (Lipinski definition) is 4. The number of aliphatic hydroxyl groups is 1. The number of hydrogen-bond donors (Lipinski definition) is 1. The van der Waals surface area contributed by atoms with Crippen molar-refractivity contribution in [2.45, 2.75) is 26.3 Å². The van der Waals surface area contributed by atoms with Gasteiger partial charge >= 0.3 is 5.82 Å². The fourth-order valence-corrected chi connectivity index (χ4v) is 1.19. The highest BCUT2D eigenvalue weighted by Crippen LogP contribution is 2.13. The Kier molecular flexibility index (Phi) is 3.58. The minimum absolute atomic E-state index is 0.0889. The second kappa shape index (κ2) is 4.71. The first kappa shape index (κ1) is 10.6. The van der Waals surface area contributed by atoms with Crippen molar-refractivity contribution >= 4 is 5.82 Å². The fraction of sp³-hybridized carbons (Fsp3) is 0.625. The zero-order chi connectivity index (χ0) is 10.6. The summed E-state index contributed by atoms with van der Waals surface area (Å²) in [4.78, 5) is 9.97. The molecule has 1 aromatic rings. The smallest absolute Gasteiger partial charge is 0.392 e. The Labute approximate surface area is 81.3 Å². The monoisotopic (exact) mass is 199 g/mol. The Morgan fingerprint density at radius 3 is 2.86 bits per heavy atom. The highest BCUT2D eigenvalue weighted by atomic mass is 16.6. The molecule has 0 aliphatic heterocycles. The van der Waals surface area contributed by atoms with Crippen LogP contribution in [-0.2, 0) is 6.54 Å². The molecule has 1 rings (SSSR count). The van der Waals surface area contributed by atoms with Gasteiger partial charge in [0.25, 0.3) is 0 Å². The summed E-state index contributed by atoms with van der Waals surface area (Å²) >= 11 is 0. The van der Waals surface area contributed by atoms with Crippen molar-refractivity contribution < 1.29 is 10.0 Å². The third-order valence-electron chi connectivity index (χ3n) is 1.89. The molecule has 14 heavy (non-hydrogen) atoms. The van der Waals surface area contributed by atoms with Crippen LogP contribution in [-0.4, -0.2) is 26.4 Å². The van der Waals surface area contributed by atoms with E-state index in [1.165, 1.54) is 0 Å². The van der Waals surface area contributed by atoms with Crippen molar-refractivity contribution in [2.24, 2.45) is 0 Å². The Morgan fingerprint density at radius 1 is 1.64 bits per heavy atom. The molecule has 0 aromatic carbocycles. The highest BCUT2D eigenvalue weighted by molar-refractivity contribution is 5.27. The first-order valence-electron chi connectivity index (χ1n) is 4.44. The molecule has 0 unspecified atom stereocenters. The molecule has 0 fully saturated rings. The Bertz CT molecular complexity index is 322. The second-order valence-electron chi connectivity index (χ2n) is 3.09. The number of unbranched alkanes of at least 4 members (excludes halogenated alkanes) is 1. The first-order chi connectivity index (χ1) is 6.65.